The largest absolute Gasteiger partial charge is 0.489 e. The van der Waals surface area contributed by atoms with Crippen LogP contribution in [0.4, 0.5) is 5.69 Å². The van der Waals surface area contributed by atoms with Crippen molar-refractivity contribution in [2.45, 2.75) is 32.9 Å². The summed E-state index contributed by atoms with van der Waals surface area (Å²) in [6, 6.07) is 13.9. The zero-order valence-electron chi connectivity index (χ0n) is 16.4. The Balaban J connectivity index is 1.72. The van der Waals surface area contributed by atoms with E-state index in [9.17, 15) is 19.5 Å². The topological polar surface area (TPSA) is 95.9 Å². The van der Waals surface area contributed by atoms with Crippen molar-refractivity contribution >= 4 is 23.5 Å². The Labute approximate surface area is 169 Å². The third-order valence-electron chi connectivity index (χ3n) is 4.65. The van der Waals surface area contributed by atoms with Gasteiger partial charge in [-0.2, -0.15) is 0 Å². The molecule has 1 unspecified atom stereocenters. The van der Waals surface area contributed by atoms with E-state index in [2.05, 4.69) is 5.32 Å². The third kappa shape index (κ3) is 5.13. The summed E-state index contributed by atoms with van der Waals surface area (Å²) in [5, 5.41) is 12.0. The molecule has 1 saturated heterocycles. The monoisotopic (exact) mass is 396 g/mol. The second-order valence-electron chi connectivity index (χ2n) is 7.33. The highest BCUT2D eigenvalue weighted by Crippen LogP contribution is 2.29. The third-order valence-corrected chi connectivity index (χ3v) is 4.65. The van der Waals surface area contributed by atoms with E-state index in [1.807, 2.05) is 44.2 Å². The van der Waals surface area contributed by atoms with Gasteiger partial charge in [-0.15, -0.1) is 0 Å². The first-order valence-electron chi connectivity index (χ1n) is 9.50. The van der Waals surface area contributed by atoms with Gasteiger partial charge in [0.15, 0.2) is 0 Å². The molecule has 0 radical (unpaired) electrons. The molecular formula is C22H24N2O5. The number of carbonyl (C=O) groups is 3. The molecule has 2 aromatic carbocycles. The first-order chi connectivity index (χ1) is 13.8. The van der Waals surface area contributed by atoms with Crippen LogP contribution >= 0.6 is 0 Å². The Bertz CT molecular complexity index is 911. The van der Waals surface area contributed by atoms with Crippen LogP contribution in [-0.2, 0) is 16.1 Å². The standard InChI is InChI=1S/C22H24N2O5/c1-14(2)29-19-9-8-16(22(27)28)10-18(19)23-21(26)17-11-20(25)24(13-17)12-15-6-4-3-5-7-15/h3-10,14,17H,11-13H2,1-2H3,(H,23,26)(H,27,28). The van der Waals surface area contributed by atoms with Crippen molar-refractivity contribution in [1.29, 1.82) is 0 Å². The van der Waals surface area contributed by atoms with Crippen molar-refractivity contribution < 1.29 is 24.2 Å². The van der Waals surface area contributed by atoms with Crippen LogP contribution < -0.4 is 10.1 Å². The Morgan fingerprint density at radius 3 is 2.59 bits per heavy atom. The average Bonchev–Trinajstić information content (AvgIpc) is 3.04. The molecule has 152 valence electrons. The minimum absolute atomic E-state index is 0.0459. The lowest BCUT2D eigenvalue weighted by Crippen LogP contribution is -2.28. The second-order valence-corrected chi connectivity index (χ2v) is 7.33. The van der Waals surface area contributed by atoms with Crippen LogP contribution in [0, 0.1) is 5.92 Å². The number of rotatable bonds is 7. The van der Waals surface area contributed by atoms with E-state index in [1.165, 1.54) is 18.2 Å². The first kappa shape index (κ1) is 20.4. The lowest BCUT2D eigenvalue weighted by Gasteiger charge is -2.18. The first-order valence-corrected chi connectivity index (χ1v) is 9.50. The molecule has 0 spiro atoms. The SMILES string of the molecule is CC(C)Oc1ccc(C(=O)O)cc1NC(=O)C1CC(=O)N(Cc2ccccc2)C1. The fourth-order valence-corrected chi connectivity index (χ4v) is 3.26. The summed E-state index contributed by atoms with van der Waals surface area (Å²) < 4.78 is 5.68. The number of carboxylic acid groups (broad SMARTS) is 1. The van der Waals surface area contributed by atoms with Gasteiger partial charge < -0.3 is 20.1 Å². The maximum atomic E-state index is 12.8. The van der Waals surface area contributed by atoms with Gasteiger partial charge in [0.25, 0.3) is 0 Å². The summed E-state index contributed by atoms with van der Waals surface area (Å²) in [6.07, 6.45) is -0.0201. The van der Waals surface area contributed by atoms with Crippen molar-refractivity contribution in [2.75, 3.05) is 11.9 Å². The summed E-state index contributed by atoms with van der Waals surface area (Å²) in [6.45, 7) is 4.46. The number of aromatic carboxylic acids is 1. The second kappa shape index (κ2) is 8.77. The minimum Gasteiger partial charge on any atom is -0.489 e. The van der Waals surface area contributed by atoms with E-state index >= 15 is 0 Å². The Morgan fingerprint density at radius 1 is 1.21 bits per heavy atom. The quantitative estimate of drug-likeness (QED) is 0.749. The van der Waals surface area contributed by atoms with E-state index in [1.54, 1.807) is 4.90 Å². The van der Waals surface area contributed by atoms with Gasteiger partial charge in [-0.1, -0.05) is 30.3 Å². The molecule has 7 nitrogen and oxygen atoms in total. The van der Waals surface area contributed by atoms with Gasteiger partial charge in [0.1, 0.15) is 5.75 Å². The van der Waals surface area contributed by atoms with Gasteiger partial charge in [0.2, 0.25) is 11.8 Å². The number of carboxylic acids is 1. The van der Waals surface area contributed by atoms with Crippen molar-refractivity contribution in [1.82, 2.24) is 4.90 Å². The predicted octanol–water partition coefficient (Wildman–Crippen LogP) is 3.16. The van der Waals surface area contributed by atoms with Crippen molar-refractivity contribution in [3.8, 4) is 5.75 Å². The maximum Gasteiger partial charge on any atom is 0.335 e. The lowest BCUT2D eigenvalue weighted by atomic mass is 10.1. The number of amides is 2. The molecule has 7 heteroatoms. The van der Waals surface area contributed by atoms with Crippen LogP contribution in [0.3, 0.4) is 0 Å². The zero-order chi connectivity index (χ0) is 21.0. The molecule has 1 atom stereocenters. The molecule has 0 bridgehead atoms. The van der Waals surface area contributed by atoms with Gasteiger partial charge in [-0.05, 0) is 37.6 Å². The summed E-state index contributed by atoms with van der Waals surface area (Å²) >= 11 is 0. The molecule has 2 N–H and O–H groups in total. The number of nitrogens with one attached hydrogen (secondary N) is 1. The van der Waals surface area contributed by atoms with Gasteiger partial charge in [0, 0.05) is 19.5 Å². The number of likely N-dealkylation sites (tertiary alicyclic amines) is 1. The average molecular weight is 396 g/mol. The molecule has 29 heavy (non-hydrogen) atoms. The number of carbonyl (C=O) groups excluding carboxylic acids is 2. The smallest absolute Gasteiger partial charge is 0.335 e. The molecular weight excluding hydrogens is 372 g/mol. The van der Waals surface area contributed by atoms with Crippen LogP contribution in [0.2, 0.25) is 0 Å². The Kier molecular flexibility index (Phi) is 6.16. The number of nitrogens with zero attached hydrogens (tertiary/aromatic N) is 1. The summed E-state index contributed by atoms with van der Waals surface area (Å²) in [5.74, 6) is -1.62. The van der Waals surface area contributed by atoms with Gasteiger partial charge in [-0.25, -0.2) is 4.79 Å². The van der Waals surface area contributed by atoms with E-state index in [4.69, 9.17) is 4.74 Å². The Morgan fingerprint density at radius 2 is 1.93 bits per heavy atom. The van der Waals surface area contributed by atoms with Crippen LogP contribution in [0.15, 0.2) is 48.5 Å². The predicted molar refractivity (Wildman–Crippen MR) is 108 cm³/mol. The molecule has 0 aliphatic carbocycles. The van der Waals surface area contributed by atoms with Gasteiger partial charge in [-0.3, -0.25) is 9.59 Å². The van der Waals surface area contributed by atoms with Crippen LogP contribution in [0.1, 0.15) is 36.2 Å². The number of ether oxygens (including phenoxy) is 1. The summed E-state index contributed by atoms with van der Waals surface area (Å²) in [5.41, 5.74) is 1.34. The Hall–Kier alpha value is -3.35. The molecule has 1 fully saturated rings. The van der Waals surface area contributed by atoms with Crippen molar-refractivity contribution in [3.05, 3.63) is 59.7 Å². The molecule has 1 heterocycles. The van der Waals surface area contributed by atoms with E-state index in [0.29, 0.717) is 18.8 Å². The van der Waals surface area contributed by atoms with Crippen LogP contribution in [0.5, 0.6) is 5.75 Å². The number of anilines is 1. The fourth-order valence-electron chi connectivity index (χ4n) is 3.26. The van der Waals surface area contributed by atoms with Crippen molar-refractivity contribution in [2.24, 2.45) is 5.92 Å². The molecule has 2 aromatic rings. The summed E-state index contributed by atoms with van der Waals surface area (Å²) in [7, 11) is 0. The molecule has 0 aromatic heterocycles. The highest BCUT2D eigenvalue weighted by molar-refractivity contribution is 5.99. The van der Waals surface area contributed by atoms with E-state index in [0.717, 1.165) is 5.56 Å². The summed E-state index contributed by atoms with van der Waals surface area (Å²) in [4.78, 5) is 38.1. The fraction of sp³-hybridized carbons (Fsp3) is 0.318. The van der Waals surface area contributed by atoms with Gasteiger partial charge >= 0.3 is 5.97 Å². The van der Waals surface area contributed by atoms with Gasteiger partial charge in [0.05, 0.1) is 23.3 Å². The number of hydrogen-bond acceptors (Lipinski definition) is 4. The minimum atomic E-state index is -1.10. The maximum absolute atomic E-state index is 12.8. The molecule has 1 aliphatic rings. The normalized spacial score (nSPS) is 16.2. The highest BCUT2D eigenvalue weighted by Gasteiger charge is 2.34. The molecule has 1 aliphatic heterocycles. The van der Waals surface area contributed by atoms with Crippen LogP contribution in [-0.4, -0.2) is 40.4 Å². The molecule has 3 rings (SSSR count). The number of hydrogen-bond donors (Lipinski definition) is 2. The molecule has 2 amide bonds. The lowest BCUT2D eigenvalue weighted by molar-refractivity contribution is -0.128. The zero-order valence-corrected chi connectivity index (χ0v) is 16.4. The highest BCUT2D eigenvalue weighted by atomic mass is 16.5. The van der Waals surface area contributed by atoms with E-state index in [-0.39, 0.29) is 35.6 Å². The van der Waals surface area contributed by atoms with Crippen molar-refractivity contribution in [3.63, 3.8) is 0 Å². The molecule has 0 saturated carbocycles. The van der Waals surface area contributed by atoms with E-state index < -0.39 is 11.9 Å². The van der Waals surface area contributed by atoms with Crippen LogP contribution in [0.25, 0.3) is 0 Å². The number of benzene rings is 2.